The van der Waals surface area contributed by atoms with E-state index < -0.39 is 17.5 Å². The number of carbonyl (C=O) groups excluding carboxylic acids is 1. The smallest absolute Gasteiger partial charge is 0.277 e. The molecular weight excluding hydrogens is 468 g/mol. The molecule has 0 unspecified atom stereocenters. The second-order valence-electron chi connectivity index (χ2n) is 5.74. The standard InChI is InChI=1S/C18H16BrF2N5O2S/c19-24-6-2-8-28-13-5-7-23-9-12(13)25-17(27)15-16(22)29-18(26-15)14-10(20)3-1-4-11(14)21/h1,3-5,7,9,24H,2,6,8,22H2,(H,25,27). The number of amides is 1. The molecule has 2 heterocycles. The maximum atomic E-state index is 14.0. The molecule has 1 aromatic carbocycles. The van der Waals surface area contributed by atoms with Gasteiger partial charge in [-0.2, -0.15) is 0 Å². The fourth-order valence-electron chi connectivity index (χ4n) is 2.41. The van der Waals surface area contributed by atoms with E-state index in [0.717, 1.165) is 29.9 Å². The molecule has 0 aliphatic heterocycles. The Kier molecular flexibility index (Phi) is 7.07. The number of nitrogens with one attached hydrogen (secondary N) is 2. The fourth-order valence-corrected chi connectivity index (χ4v) is 3.57. The second-order valence-corrected chi connectivity index (χ2v) is 7.33. The topological polar surface area (TPSA) is 102 Å². The van der Waals surface area contributed by atoms with Gasteiger partial charge < -0.3 is 15.8 Å². The number of hydrogen-bond donors (Lipinski definition) is 3. The van der Waals surface area contributed by atoms with Crippen molar-refractivity contribution in [2.24, 2.45) is 0 Å². The summed E-state index contributed by atoms with van der Waals surface area (Å²) in [5.74, 6) is -1.78. The summed E-state index contributed by atoms with van der Waals surface area (Å²) in [7, 11) is 0. The van der Waals surface area contributed by atoms with Crippen molar-refractivity contribution in [3.05, 3.63) is 54.0 Å². The Bertz CT molecular complexity index is 997. The molecule has 3 rings (SSSR count). The summed E-state index contributed by atoms with van der Waals surface area (Å²) in [6, 6.07) is 5.08. The molecule has 2 aromatic heterocycles. The van der Waals surface area contributed by atoms with E-state index in [1.807, 2.05) is 0 Å². The molecular formula is C18H16BrF2N5O2S. The summed E-state index contributed by atoms with van der Waals surface area (Å²) in [4.78, 5) is 20.7. The average Bonchev–Trinajstić information content (AvgIpc) is 3.07. The number of anilines is 2. The minimum atomic E-state index is -0.786. The van der Waals surface area contributed by atoms with E-state index in [-0.39, 0.29) is 21.3 Å². The Morgan fingerprint density at radius 1 is 1.28 bits per heavy atom. The highest BCUT2D eigenvalue weighted by molar-refractivity contribution is 9.08. The van der Waals surface area contributed by atoms with Crippen LogP contribution in [-0.2, 0) is 0 Å². The van der Waals surface area contributed by atoms with Gasteiger partial charge in [0.15, 0.2) is 5.69 Å². The second kappa shape index (κ2) is 9.72. The Morgan fingerprint density at radius 3 is 2.76 bits per heavy atom. The van der Waals surface area contributed by atoms with E-state index in [1.54, 1.807) is 6.07 Å². The van der Waals surface area contributed by atoms with Crippen LogP contribution in [0.15, 0.2) is 36.7 Å². The van der Waals surface area contributed by atoms with Crippen LogP contribution in [0.5, 0.6) is 5.75 Å². The molecule has 7 nitrogen and oxygen atoms in total. The van der Waals surface area contributed by atoms with Crippen molar-refractivity contribution >= 4 is 44.1 Å². The lowest BCUT2D eigenvalue weighted by atomic mass is 10.2. The number of thiazole rings is 1. The zero-order chi connectivity index (χ0) is 20.8. The van der Waals surface area contributed by atoms with Gasteiger partial charge in [0.05, 0.1) is 18.4 Å². The first-order valence-electron chi connectivity index (χ1n) is 8.43. The molecule has 0 atom stereocenters. The predicted octanol–water partition coefficient (Wildman–Crippen LogP) is 3.99. The van der Waals surface area contributed by atoms with Crippen LogP contribution in [0.1, 0.15) is 16.9 Å². The average molecular weight is 484 g/mol. The van der Waals surface area contributed by atoms with Crippen LogP contribution in [0, 0.1) is 11.6 Å². The van der Waals surface area contributed by atoms with E-state index >= 15 is 0 Å². The van der Waals surface area contributed by atoms with Gasteiger partial charge in [-0.3, -0.25) is 14.1 Å². The molecule has 0 aliphatic rings. The van der Waals surface area contributed by atoms with Crippen molar-refractivity contribution in [2.45, 2.75) is 6.42 Å². The number of hydrogen-bond acceptors (Lipinski definition) is 7. The summed E-state index contributed by atoms with van der Waals surface area (Å²) in [5.41, 5.74) is 5.75. The number of ether oxygens (including phenoxy) is 1. The third kappa shape index (κ3) is 5.05. The number of carbonyl (C=O) groups is 1. The summed E-state index contributed by atoms with van der Waals surface area (Å²) >= 11 is 3.93. The van der Waals surface area contributed by atoms with Crippen molar-refractivity contribution in [1.29, 1.82) is 0 Å². The number of nitrogens with zero attached hydrogens (tertiary/aromatic N) is 2. The van der Waals surface area contributed by atoms with E-state index in [9.17, 15) is 13.6 Å². The monoisotopic (exact) mass is 483 g/mol. The first-order chi connectivity index (χ1) is 14.0. The third-order valence-corrected chi connectivity index (χ3v) is 5.05. The molecule has 0 fully saturated rings. The number of halogens is 3. The van der Waals surface area contributed by atoms with Crippen molar-refractivity contribution in [1.82, 2.24) is 14.3 Å². The molecule has 4 N–H and O–H groups in total. The molecule has 0 bridgehead atoms. The predicted molar refractivity (Wildman–Crippen MR) is 111 cm³/mol. The van der Waals surface area contributed by atoms with Gasteiger partial charge in [-0.1, -0.05) is 17.4 Å². The lowest BCUT2D eigenvalue weighted by molar-refractivity contribution is 0.102. The third-order valence-electron chi connectivity index (χ3n) is 3.75. The van der Waals surface area contributed by atoms with Crippen LogP contribution in [0.25, 0.3) is 10.6 Å². The van der Waals surface area contributed by atoms with Gasteiger partial charge in [0, 0.05) is 35.0 Å². The Labute approximate surface area is 177 Å². The van der Waals surface area contributed by atoms with Gasteiger partial charge in [-0.15, -0.1) is 0 Å². The highest BCUT2D eigenvalue weighted by atomic mass is 79.9. The fraction of sp³-hybridized carbons (Fsp3) is 0.167. The number of nitrogen functional groups attached to an aromatic ring is 1. The maximum absolute atomic E-state index is 14.0. The molecule has 0 aliphatic carbocycles. The lowest BCUT2D eigenvalue weighted by Crippen LogP contribution is -2.15. The zero-order valence-corrected chi connectivity index (χ0v) is 17.3. The van der Waals surface area contributed by atoms with Crippen LogP contribution in [0.2, 0.25) is 0 Å². The van der Waals surface area contributed by atoms with Gasteiger partial charge in [0.2, 0.25) is 0 Å². The Morgan fingerprint density at radius 2 is 2.03 bits per heavy atom. The van der Waals surface area contributed by atoms with Crippen LogP contribution < -0.4 is 20.1 Å². The zero-order valence-electron chi connectivity index (χ0n) is 14.9. The largest absolute Gasteiger partial charge is 0.491 e. The number of nitrogens with two attached hydrogens (primary N) is 1. The Hall–Kier alpha value is -2.63. The molecule has 1 amide bonds. The van der Waals surface area contributed by atoms with E-state index in [4.69, 9.17) is 10.5 Å². The minimum Gasteiger partial charge on any atom is -0.491 e. The van der Waals surface area contributed by atoms with Crippen molar-refractivity contribution < 1.29 is 18.3 Å². The van der Waals surface area contributed by atoms with E-state index in [0.29, 0.717) is 24.6 Å². The van der Waals surface area contributed by atoms with E-state index in [1.165, 1.54) is 18.5 Å². The first-order valence-corrected chi connectivity index (χ1v) is 10.0. The number of benzene rings is 1. The van der Waals surface area contributed by atoms with Crippen molar-refractivity contribution in [3.63, 3.8) is 0 Å². The summed E-state index contributed by atoms with van der Waals surface area (Å²) in [6.07, 6.45) is 3.69. The van der Waals surface area contributed by atoms with Crippen molar-refractivity contribution in [2.75, 3.05) is 24.2 Å². The normalized spacial score (nSPS) is 10.7. The van der Waals surface area contributed by atoms with Gasteiger partial charge in [0.1, 0.15) is 33.1 Å². The SMILES string of the molecule is Nc1sc(-c2c(F)cccc2F)nc1C(=O)Nc1cnccc1OCCCNBr. The van der Waals surface area contributed by atoms with Crippen LogP contribution in [0.3, 0.4) is 0 Å². The van der Waals surface area contributed by atoms with Crippen molar-refractivity contribution in [3.8, 4) is 16.3 Å². The summed E-state index contributed by atoms with van der Waals surface area (Å²) < 4.78 is 36.5. The number of rotatable bonds is 8. The molecule has 0 spiro atoms. The van der Waals surface area contributed by atoms with Gasteiger partial charge in [-0.05, 0) is 18.6 Å². The van der Waals surface area contributed by atoms with Crippen LogP contribution >= 0.6 is 27.5 Å². The lowest BCUT2D eigenvalue weighted by Gasteiger charge is -2.11. The highest BCUT2D eigenvalue weighted by Crippen LogP contribution is 2.34. The molecule has 29 heavy (non-hydrogen) atoms. The van der Waals surface area contributed by atoms with Gasteiger partial charge >= 0.3 is 0 Å². The van der Waals surface area contributed by atoms with Crippen LogP contribution in [-0.4, -0.2) is 29.0 Å². The number of pyridine rings is 1. The summed E-state index contributed by atoms with van der Waals surface area (Å²) in [6.45, 7) is 1.12. The Balaban J connectivity index is 1.80. The molecule has 0 saturated carbocycles. The number of aromatic nitrogens is 2. The molecule has 152 valence electrons. The molecule has 0 saturated heterocycles. The quantitative estimate of drug-likeness (QED) is 0.330. The minimum absolute atomic E-state index is 0.0202. The maximum Gasteiger partial charge on any atom is 0.277 e. The van der Waals surface area contributed by atoms with Crippen LogP contribution in [0.4, 0.5) is 19.5 Å². The summed E-state index contributed by atoms with van der Waals surface area (Å²) in [5, 5.41) is 2.64. The highest BCUT2D eigenvalue weighted by Gasteiger charge is 2.22. The van der Waals surface area contributed by atoms with Gasteiger partial charge in [0.25, 0.3) is 5.91 Å². The van der Waals surface area contributed by atoms with E-state index in [2.05, 4.69) is 35.8 Å². The molecule has 3 aromatic rings. The molecule has 0 radical (unpaired) electrons. The van der Waals surface area contributed by atoms with Gasteiger partial charge in [-0.25, -0.2) is 13.8 Å². The first kappa shape index (κ1) is 21.1. The molecule has 11 heteroatoms.